The zero-order valence-electron chi connectivity index (χ0n) is 12.9. The predicted molar refractivity (Wildman–Crippen MR) is 78.3 cm³/mol. The molecule has 0 amide bonds. The SMILES string of the molecule is CC.CCCC1CC2C(C)NC(O)C2CC1CC. The minimum absolute atomic E-state index is 0.239. The van der Waals surface area contributed by atoms with E-state index >= 15 is 0 Å². The lowest BCUT2D eigenvalue weighted by atomic mass is 9.65. The van der Waals surface area contributed by atoms with Gasteiger partial charge in [0.05, 0.1) is 0 Å². The molecule has 0 spiro atoms. The van der Waals surface area contributed by atoms with Crippen LogP contribution in [0.1, 0.15) is 66.7 Å². The van der Waals surface area contributed by atoms with Crippen molar-refractivity contribution in [2.24, 2.45) is 23.7 Å². The average Bonchev–Trinajstić information content (AvgIpc) is 2.66. The molecular weight excluding hydrogens is 222 g/mol. The Bertz CT molecular complexity index is 231. The van der Waals surface area contributed by atoms with Crippen molar-refractivity contribution in [3.8, 4) is 0 Å². The molecule has 6 atom stereocenters. The van der Waals surface area contributed by atoms with Crippen molar-refractivity contribution in [1.82, 2.24) is 5.32 Å². The third kappa shape index (κ3) is 3.27. The number of aliphatic hydroxyl groups is 1. The summed E-state index contributed by atoms with van der Waals surface area (Å²) < 4.78 is 0. The van der Waals surface area contributed by atoms with Crippen LogP contribution in [0.3, 0.4) is 0 Å². The van der Waals surface area contributed by atoms with E-state index in [2.05, 4.69) is 26.1 Å². The van der Waals surface area contributed by atoms with E-state index in [1.165, 1.54) is 32.1 Å². The Hall–Kier alpha value is -0.0800. The number of fused-ring (bicyclic) bond motifs is 1. The van der Waals surface area contributed by atoms with Gasteiger partial charge in [0, 0.05) is 12.0 Å². The van der Waals surface area contributed by atoms with Crippen molar-refractivity contribution in [2.45, 2.75) is 79.0 Å². The maximum atomic E-state index is 10.0. The van der Waals surface area contributed by atoms with Gasteiger partial charge < -0.3 is 5.11 Å². The lowest BCUT2D eigenvalue weighted by Gasteiger charge is -2.39. The lowest BCUT2D eigenvalue weighted by Crippen LogP contribution is -2.35. The maximum absolute atomic E-state index is 10.0. The molecular formula is C16H33NO. The molecule has 0 radical (unpaired) electrons. The number of hydrogen-bond donors (Lipinski definition) is 2. The van der Waals surface area contributed by atoms with Crippen molar-refractivity contribution in [3.05, 3.63) is 0 Å². The zero-order valence-corrected chi connectivity index (χ0v) is 12.9. The Morgan fingerprint density at radius 2 is 1.67 bits per heavy atom. The molecule has 108 valence electrons. The van der Waals surface area contributed by atoms with Gasteiger partial charge in [0.2, 0.25) is 0 Å². The Morgan fingerprint density at radius 1 is 1.06 bits per heavy atom. The van der Waals surface area contributed by atoms with Gasteiger partial charge in [-0.1, -0.05) is 47.0 Å². The number of nitrogens with one attached hydrogen (secondary N) is 1. The molecule has 6 unspecified atom stereocenters. The first-order valence-corrected chi connectivity index (χ1v) is 8.11. The second-order valence-corrected chi connectivity index (χ2v) is 5.92. The van der Waals surface area contributed by atoms with Crippen LogP contribution in [0, 0.1) is 23.7 Å². The standard InChI is InChI=1S/C14H27NO.C2H6/c1-4-6-11-8-12-9(3)15-14(16)13(12)7-10(11)5-2;1-2/h9-16H,4-8H2,1-3H3;1-2H3. The molecule has 1 saturated carbocycles. The molecule has 2 heteroatoms. The van der Waals surface area contributed by atoms with Gasteiger partial charge in [-0.25, -0.2) is 0 Å². The Kier molecular flexibility index (Phi) is 6.65. The quantitative estimate of drug-likeness (QED) is 0.804. The zero-order chi connectivity index (χ0) is 13.7. The van der Waals surface area contributed by atoms with E-state index in [9.17, 15) is 5.11 Å². The van der Waals surface area contributed by atoms with Gasteiger partial charge in [0.1, 0.15) is 6.23 Å². The van der Waals surface area contributed by atoms with Crippen molar-refractivity contribution >= 4 is 0 Å². The molecule has 1 aliphatic carbocycles. The molecule has 0 aromatic heterocycles. The van der Waals surface area contributed by atoms with Crippen LogP contribution in [0.5, 0.6) is 0 Å². The summed E-state index contributed by atoms with van der Waals surface area (Å²) in [5.74, 6) is 3.00. The van der Waals surface area contributed by atoms with E-state index in [4.69, 9.17) is 0 Å². The van der Waals surface area contributed by atoms with Crippen molar-refractivity contribution in [3.63, 3.8) is 0 Å². The van der Waals surface area contributed by atoms with Crippen LogP contribution in [0.25, 0.3) is 0 Å². The van der Waals surface area contributed by atoms with E-state index in [0.717, 1.165) is 11.8 Å². The number of hydrogen-bond acceptors (Lipinski definition) is 2. The van der Waals surface area contributed by atoms with Crippen molar-refractivity contribution < 1.29 is 5.11 Å². The molecule has 1 aliphatic heterocycles. The van der Waals surface area contributed by atoms with Gasteiger partial charge in [-0.2, -0.15) is 0 Å². The molecule has 1 saturated heterocycles. The van der Waals surface area contributed by atoms with Crippen molar-refractivity contribution in [1.29, 1.82) is 0 Å². The van der Waals surface area contributed by atoms with Gasteiger partial charge in [-0.15, -0.1) is 0 Å². The number of aliphatic hydroxyl groups excluding tert-OH is 1. The molecule has 2 aliphatic rings. The fourth-order valence-corrected chi connectivity index (χ4v) is 4.11. The summed E-state index contributed by atoms with van der Waals surface area (Å²) in [7, 11) is 0. The van der Waals surface area contributed by atoms with Gasteiger partial charge in [-0.05, 0) is 37.5 Å². The molecule has 18 heavy (non-hydrogen) atoms. The summed E-state index contributed by atoms with van der Waals surface area (Å²) in [6, 6.07) is 0.511. The van der Waals surface area contributed by atoms with Gasteiger partial charge in [-0.3, -0.25) is 5.32 Å². The summed E-state index contributed by atoms with van der Waals surface area (Å²) in [6.07, 6.45) is 6.31. The first kappa shape index (κ1) is 16.0. The van der Waals surface area contributed by atoms with Crippen LogP contribution in [0.4, 0.5) is 0 Å². The molecule has 0 aromatic rings. The molecule has 0 aromatic carbocycles. The van der Waals surface area contributed by atoms with E-state index < -0.39 is 0 Å². The summed E-state index contributed by atoms with van der Waals surface area (Å²) in [4.78, 5) is 0. The Balaban J connectivity index is 0.000000771. The Labute approximate surface area is 114 Å². The highest BCUT2D eigenvalue weighted by molar-refractivity contribution is 4.97. The second kappa shape index (κ2) is 7.49. The first-order chi connectivity index (χ1) is 8.67. The van der Waals surface area contributed by atoms with Gasteiger partial charge in [0.25, 0.3) is 0 Å². The highest BCUT2D eigenvalue weighted by Crippen LogP contribution is 2.46. The normalized spacial score (nSPS) is 43.0. The van der Waals surface area contributed by atoms with Gasteiger partial charge >= 0.3 is 0 Å². The minimum atomic E-state index is -0.239. The smallest absolute Gasteiger partial charge is 0.108 e. The third-order valence-electron chi connectivity index (χ3n) is 5.03. The first-order valence-electron chi connectivity index (χ1n) is 8.11. The third-order valence-corrected chi connectivity index (χ3v) is 5.03. The summed E-state index contributed by atoms with van der Waals surface area (Å²) >= 11 is 0. The van der Waals surface area contributed by atoms with Crippen LogP contribution >= 0.6 is 0 Å². The van der Waals surface area contributed by atoms with Gasteiger partial charge in [0.15, 0.2) is 0 Å². The minimum Gasteiger partial charge on any atom is -0.378 e. The maximum Gasteiger partial charge on any atom is 0.108 e. The van der Waals surface area contributed by atoms with Crippen molar-refractivity contribution in [2.75, 3.05) is 0 Å². The van der Waals surface area contributed by atoms with Crippen LogP contribution in [0.15, 0.2) is 0 Å². The molecule has 2 fully saturated rings. The molecule has 0 bridgehead atoms. The van der Waals surface area contributed by atoms with E-state index in [1.807, 2.05) is 13.8 Å². The topological polar surface area (TPSA) is 32.3 Å². The monoisotopic (exact) mass is 255 g/mol. The van der Waals surface area contributed by atoms with E-state index in [0.29, 0.717) is 17.9 Å². The van der Waals surface area contributed by atoms with E-state index in [1.54, 1.807) is 0 Å². The summed E-state index contributed by atoms with van der Waals surface area (Å²) in [6.45, 7) is 10.8. The Morgan fingerprint density at radius 3 is 2.22 bits per heavy atom. The highest BCUT2D eigenvalue weighted by Gasteiger charge is 2.45. The lowest BCUT2D eigenvalue weighted by molar-refractivity contribution is 0.0396. The molecule has 1 heterocycles. The summed E-state index contributed by atoms with van der Waals surface area (Å²) in [5.41, 5.74) is 0. The van der Waals surface area contributed by atoms with Crippen LogP contribution in [0.2, 0.25) is 0 Å². The fourth-order valence-electron chi connectivity index (χ4n) is 4.11. The molecule has 2 nitrogen and oxygen atoms in total. The fraction of sp³-hybridized carbons (Fsp3) is 1.00. The molecule has 2 N–H and O–H groups in total. The highest BCUT2D eigenvalue weighted by atomic mass is 16.3. The van der Waals surface area contributed by atoms with Crippen LogP contribution in [-0.2, 0) is 0 Å². The summed E-state index contributed by atoms with van der Waals surface area (Å²) in [5, 5.41) is 13.3. The van der Waals surface area contributed by atoms with Crippen LogP contribution in [-0.4, -0.2) is 17.4 Å². The van der Waals surface area contributed by atoms with Crippen LogP contribution < -0.4 is 5.32 Å². The average molecular weight is 255 g/mol. The largest absolute Gasteiger partial charge is 0.378 e. The van der Waals surface area contributed by atoms with E-state index in [-0.39, 0.29) is 6.23 Å². The second-order valence-electron chi connectivity index (χ2n) is 5.92. The predicted octanol–water partition coefficient (Wildman–Crippen LogP) is 3.79. The number of rotatable bonds is 3. The molecule has 2 rings (SSSR count).